The Balaban J connectivity index is 0.000000242. The molecule has 0 radical (unpaired) electrons. The number of carbonyl (C=O) groups excluding carboxylic acids is 2. The molecule has 0 N–H and O–H groups in total. The third-order valence-corrected chi connectivity index (χ3v) is 12.4. The van der Waals surface area contributed by atoms with Crippen LogP contribution in [0.15, 0.2) is 182 Å². The summed E-state index contributed by atoms with van der Waals surface area (Å²) in [5.74, 6) is 0.150. The second kappa shape index (κ2) is 22.7. The van der Waals surface area contributed by atoms with E-state index in [4.69, 9.17) is 4.65 Å². The van der Waals surface area contributed by atoms with E-state index in [1.54, 1.807) is 0 Å². The van der Waals surface area contributed by atoms with Gasteiger partial charge in [0.15, 0.2) is 11.6 Å². The quantitative estimate of drug-likeness (QED) is 0.116. The van der Waals surface area contributed by atoms with Gasteiger partial charge >= 0.3 is 23.1 Å². The molecule has 0 aliphatic rings. The number of rotatable bonds is 8. The van der Waals surface area contributed by atoms with E-state index < -0.39 is 22.6 Å². The van der Waals surface area contributed by atoms with Crippen molar-refractivity contribution in [3.63, 3.8) is 0 Å². The average Bonchev–Trinajstić information content (AvgIpc) is 3.15. The van der Waals surface area contributed by atoms with Crippen molar-refractivity contribution in [1.29, 1.82) is 0 Å². The molecule has 0 saturated heterocycles. The largest absolute Gasteiger partial charge is 2.00 e. The second-order valence-electron chi connectivity index (χ2n) is 13.8. The van der Waals surface area contributed by atoms with Crippen LogP contribution in [0.1, 0.15) is 49.1 Å². The average molecular weight is 732 g/mol. The Morgan fingerprint density at radius 1 is 0.404 bits per heavy atom. The minimum atomic E-state index is -1.11. The number of hydrogen-bond acceptors (Lipinski definition) is 3. The smallest absolute Gasteiger partial charge is 0.845 e. The minimum absolute atomic E-state index is 0. The summed E-state index contributed by atoms with van der Waals surface area (Å²) >= 11 is 0. The third kappa shape index (κ3) is 16.9. The molecule has 0 aliphatic heterocycles. The summed E-state index contributed by atoms with van der Waals surface area (Å²) in [4.78, 5) is 23.7. The van der Waals surface area contributed by atoms with Gasteiger partial charge in [0, 0.05) is 22.3 Å². The van der Waals surface area contributed by atoms with Gasteiger partial charge in [-0.15, -0.1) is 0 Å². The first-order valence-corrected chi connectivity index (χ1v) is 24.0. The SMILES string of the molecule is C[Si](C)(C)[N-][Si](C)(C)C.O=C(c1ccccc1)c1ccccc1.O=C(c1ccccc1)c1ccccc1.[Mg+2].[O-]C(c1ccccc1)c1ccccc1. The Hall–Kier alpha value is -4.22. The molecule has 0 bridgehead atoms. The molecule has 52 heavy (non-hydrogen) atoms. The molecule has 6 aromatic carbocycles. The van der Waals surface area contributed by atoms with Crippen LogP contribution in [-0.4, -0.2) is 51.1 Å². The first-order chi connectivity index (χ1) is 24.3. The molecule has 0 unspecified atom stereocenters. The summed E-state index contributed by atoms with van der Waals surface area (Å²) in [6.07, 6.45) is -0.766. The van der Waals surface area contributed by atoms with Crippen LogP contribution in [0.3, 0.4) is 0 Å². The van der Waals surface area contributed by atoms with Crippen LogP contribution in [0.5, 0.6) is 0 Å². The number of benzene rings is 6. The van der Waals surface area contributed by atoms with Gasteiger partial charge in [0.05, 0.1) is 0 Å². The van der Waals surface area contributed by atoms with E-state index in [9.17, 15) is 14.7 Å². The number of carbonyl (C=O) groups is 2. The monoisotopic (exact) mass is 731 g/mol. The standard InChI is InChI=1S/C13H11O.2C13H10O.C6H18NSi2.Mg/c3*14-13(11-7-3-1-4-8-11)12-9-5-2-6-10-12;1-8(2,3)7-9(4,5)6;/h1-10,13H;2*1-10H;1-6H3;/q-1;;;-1;+2. The fourth-order valence-corrected chi connectivity index (χ4v) is 13.2. The first-order valence-electron chi connectivity index (χ1n) is 17.1. The second-order valence-corrected chi connectivity index (χ2v) is 23.4. The first kappa shape index (κ1) is 43.9. The van der Waals surface area contributed by atoms with Crippen LogP contribution in [-0.2, 0) is 0 Å². The fraction of sp³-hybridized carbons (Fsp3) is 0.156. The summed E-state index contributed by atoms with van der Waals surface area (Å²) in [5, 5.41) is 11.9. The number of ketones is 2. The summed E-state index contributed by atoms with van der Waals surface area (Å²) in [5.41, 5.74) is 4.58. The molecular formula is C45H49MgNO3Si2. The summed E-state index contributed by atoms with van der Waals surface area (Å²) < 4.78 is 4.82. The van der Waals surface area contributed by atoms with Crippen molar-refractivity contribution < 1.29 is 14.7 Å². The van der Waals surface area contributed by atoms with Crippen LogP contribution in [0, 0.1) is 0 Å². The molecule has 7 heteroatoms. The predicted octanol–water partition coefficient (Wildman–Crippen LogP) is 10.6. The van der Waals surface area contributed by atoms with Crippen LogP contribution in [0.25, 0.3) is 4.65 Å². The molecule has 6 aromatic rings. The maximum atomic E-state index is 11.9. The molecule has 262 valence electrons. The van der Waals surface area contributed by atoms with Crippen LogP contribution >= 0.6 is 0 Å². The Kier molecular flexibility index (Phi) is 19.1. The topological polar surface area (TPSA) is 71.3 Å². The van der Waals surface area contributed by atoms with Crippen LogP contribution < -0.4 is 5.11 Å². The number of hydrogen-bond donors (Lipinski definition) is 0. The van der Waals surface area contributed by atoms with Gasteiger partial charge in [-0.3, -0.25) is 9.59 Å². The summed E-state index contributed by atoms with van der Waals surface area (Å²) in [6, 6.07) is 56.1. The Morgan fingerprint density at radius 2 is 0.596 bits per heavy atom. The van der Waals surface area contributed by atoms with Crippen molar-refractivity contribution in [1.82, 2.24) is 0 Å². The molecule has 0 aliphatic carbocycles. The zero-order chi connectivity index (χ0) is 37.1. The number of nitrogens with zero attached hydrogens (tertiary/aromatic N) is 1. The summed E-state index contributed by atoms with van der Waals surface area (Å²) in [7, 11) is -2.21. The zero-order valence-corrected chi connectivity index (χ0v) is 34.7. The van der Waals surface area contributed by atoms with E-state index in [-0.39, 0.29) is 34.6 Å². The molecule has 0 spiro atoms. The molecule has 0 amide bonds. The zero-order valence-electron chi connectivity index (χ0n) is 31.3. The Morgan fingerprint density at radius 3 is 0.769 bits per heavy atom. The van der Waals surface area contributed by atoms with Crippen molar-refractivity contribution in [2.75, 3.05) is 0 Å². The maximum Gasteiger partial charge on any atom is 2.00 e. The van der Waals surface area contributed by atoms with E-state index in [1.807, 2.05) is 182 Å². The van der Waals surface area contributed by atoms with Crippen molar-refractivity contribution in [2.24, 2.45) is 0 Å². The van der Waals surface area contributed by atoms with E-state index in [0.29, 0.717) is 0 Å². The van der Waals surface area contributed by atoms with E-state index >= 15 is 0 Å². The van der Waals surface area contributed by atoms with Gasteiger partial charge in [0.2, 0.25) is 0 Å². The van der Waals surface area contributed by atoms with Crippen molar-refractivity contribution >= 4 is 51.1 Å². The fourth-order valence-electron chi connectivity index (χ4n) is 5.15. The van der Waals surface area contributed by atoms with Gasteiger partial charge < -0.3 is 9.75 Å². The minimum Gasteiger partial charge on any atom is -0.845 e. The van der Waals surface area contributed by atoms with Gasteiger partial charge in [0.1, 0.15) is 0 Å². The molecule has 0 aromatic heterocycles. The molecule has 4 nitrogen and oxygen atoms in total. The van der Waals surface area contributed by atoms with Crippen molar-refractivity contribution in [3.05, 3.63) is 220 Å². The van der Waals surface area contributed by atoms with E-state index in [0.717, 1.165) is 33.4 Å². The van der Waals surface area contributed by atoms with Gasteiger partial charge in [-0.1, -0.05) is 255 Å². The van der Waals surface area contributed by atoms with Gasteiger partial charge in [-0.05, 0) is 0 Å². The van der Waals surface area contributed by atoms with Crippen molar-refractivity contribution in [2.45, 2.75) is 45.4 Å². The van der Waals surface area contributed by atoms with Crippen LogP contribution in [0.2, 0.25) is 39.3 Å². The van der Waals surface area contributed by atoms with Gasteiger partial charge in [-0.2, -0.15) is 0 Å². The van der Waals surface area contributed by atoms with Crippen molar-refractivity contribution in [3.8, 4) is 0 Å². The van der Waals surface area contributed by atoms with Crippen LogP contribution in [0.4, 0.5) is 0 Å². The van der Waals surface area contributed by atoms with Gasteiger partial charge in [-0.25, -0.2) is 0 Å². The van der Waals surface area contributed by atoms with E-state index in [2.05, 4.69) is 39.3 Å². The molecular weight excluding hydrogens is 683 g/mol. The Labute approximate surface area is 329 Å². The Bertz CT molecular complexity index is 1630. The summed E-state index contributed by atoms with van der Waals surface area (Å²) in [6.45, 7) is 13.8. The molecule has 0 saturated carbocycles. The normalized spacial score (nSPS) is 10.5. The third-order valence-electron chi connectivity index (χ3n) is 7.02. The molecule has 6 rings (SSSR count). The molecule has 0 atom stereocenters. The maximum absolute atomic E-state index is 11.9. The molecule has 0 heterocycles. The van der Waals surface area contributed by atoms with E-state index in [1.165, 1.54) is 0 Å². The molecule has 0 fully saturated rings. The van der Waals surface area contributed by atoms with Gasteiger partial charge in [0.25, 0.3) is 0 Å². The predicted molar refractivity (Wildman–Crippen MR) is 223 cm³/mol.